The number of carbonyl (C=O) groups excluding carboxylic acids is 1. The molecule has 1 amide bonds. The number of nitrogens with one attached hydrogen (secondary N) is 1. The van der Waals surface area contributed by atoms with Crippen molar-refractivity contribution in [2.45, 2.75) is 18.9 Å². The van der Waals surface area contributed by atoms with Gasteiger partial charge in [-0.25, -0.2) is 4.98 Å². The van der Waals surface area contributed by atoms with Crippen LogP contribution >= 0.6 is 0 Å². The quantitative estimate of drug-likeness (QED) is 0.777. The van der Waals surface area contributed by atoms with Crippen molar-refractivity contribution in [1.29, 1.82) is 0 Å². The number of likely N-dealkylation sites (tertiary alicyclic amines) is 1. The molecular formula is C17H17N5O2. The van der Waals surface area contributed by atoms with Gasteiger partial charge in [-0.2, -0.15) is 5.10 Å². The summed E-state index contributed by atoms with van der Waals surface area (Å²) in [7, 11) is 1.74. The molecule has 0 radical (unpaired) electrons. The maximum Gasteiger partial charge on any atom is 0.272 e. The number of aromatic amines is 1. The Labute approximate surface area is 137 Å². The summed E-state index contributed by atoms with van der Waals surface area (Å²) < 4.78 is 1.56. The monoisotopic (exact) mass is 323 g/mol. The molecule has 1 aromatic carbocycles. The van der Waals surface area contributed by atoms with Crippen molar-refractivity contribution >= 4 is 16.8 Å². The van der Waals surface area contributed by atoms with Crippen LogP contribution in [-0.2, 0) is 7.05 Å². The average molecular weight is 323 g/mol. The zero-order valence-electron chi connectivity index (χ0n) is 13.3. The molecule has 1 saturated heterocycles. The summed E-state index contributed by atoms with van der Waals surface area (Å²) in [4.78, 5) is 34.3. The van der Waals surface area contributed by atoms with E-state index in [-0.39, 0.29) is 17.5 Å². The van der Waals surface area contributed by atoms with Crippen molar-refractivity contribution in [1.82, 2.24) is 24.6 Å². The van der Waals surface area contributed by atoms with Crippen LogP contribution in [0.25, 0.3) is 10.9 Å². The molecule has 1 aliphatic heterocycles. The molecule has 0 aliphatic carbocycles. The molecule has 24 heavy (non-hydrogen) atoms. The highest BCUT2D eigenvalue weighted by molar-refractivity contribution is 5.93. The van der Waals surface area contributed by atoms with E-state index in [0.29, 0.717) is 29.0 Å². The van der Waals surface area contributed by atoms with Gasteiger partial charge in [-0.1, -0.05) is 12.1 Å². The van der Waals surface area contributed by atoms with Gasteiger partial charge in [-0.3, -0.25) is 14.3 Å². The smallest absolute Gasteiger partial charge is 0.272 e. The largest absolute Gasteiger partial charge is 0.327 e. The summed E-state index contributed by atoms with van der Waals surface area (Å²) in [5.41, 5.74) is 1.01. The number of hydrogen-bond donors (Lipinski definition) is 1. The molecule has 0 saturated carbocycles. The molecule has 1 aliphatic rings. The second kappa shape index (κ2) is 5.59. The highest BCUT2D eigenvalue weighted by atomic mass is 16.2. The highest BCUT2D eigenvalue weighted by Crippen LogP contribution is 2.31. The third-order valence-electron chi connectivity index (χ3n) is 4.50. The number of aromatic nitrogens is 4. The van der Waals surface area contributed by atoms with E-state index in [2.05, 4.69) is 15.1 Å². The maximum atomic E-state index is 12.8. The number of fused-ring (bicyclic) bond motifs is 1. The molecule has 4 rings (SSSR count). The van der Waals surface area contributed by atoms with E-state index in [1.165, 1.54) is 0 Å². The lowest BCUT2D eigenvalue weighted by Gasteiger charge is -2.24. The fraction of sp³-hybridized carbons (Fsp3) is 0.294. The number of para-hydroxylation sites is 1. The number of aryl methyl sites for hydroxylation is 1. The SMILES string of the molecule is Cn1nccc1C(=O)N1CCCC1c1nc2ccccc2c(=O)[nH]1. The van der Waals surface area contributed by atoms with Crippen LogP contribution in [0, 0.1) is 0 Å². The van der Waals surface area contributed by atoms with Crippen molar-refractivity contribution < 1.29 is 4.79 Å². The molecule has 1 N–H and O–H groups in total. The lowest BCUT2D eigenvalue weighted by Crippen LogP contribution is -2.33. The second-order valence-corrected chi connectivity index (χ2v) is 5.96. The molecule has 1 fully saturated rings. The van der Waals surface area contributed by atoms with Crippen molar-refractivity contribution in [3.8, 4) is 0 Å². The third kappa shape index (κ3) is 2.29. The van der Waals surface area contributed by atoms with Gasteiger partial charge in [0.2, 0.25) is 0 Å². The minimum atomic E-state index is -0.218. The van der Waals surface area contributed by atoms with Crippen molar-refractivity contribution in [3.05, 3.63) is 58.4 Å². The minimum absolute atomic E-state index is 0.0895. The van der Waals surface area contributed by atoms with Gasteiger partial charge in [-0.05, 0) is 31.0 Å². The van der Waals surface area contributed by atoms with Gasteiger partial charge >= 0.3 is 0 Å². The maximum absolute atomic E-state index is 12.8. The van der Waals surface area contributed by atoms with E-state index in [9.17, 15) is 9.59 Å². The van der Waals surface area contributed by atoms with Gasteiger partial charge in [0.1, 0.15) is 11.5 Å². The number of rotatable bonds is 2. The van der Waals surface area contributed by atoms with Crippen LogP contribution in [0.2, 0.25) is 0 Å². The van der Waals surface area contributed by atoms with Gasteiger partial charge in [0.05, 0.1) is 16.9 Å². The Hall–Kier alpha value is -2.96. The van der Waals surface area contributed by atoms with E-state index in [4.69, 9.17) is 0 Å². The normalized spacial score (nSPS) is 17.5. The van der Waals surface area contributed by atoms with E-state index in [1.807, 2.05) is 18.2 Å². The molecule has 7 heteroatoms. The molecule has 7 nitrogen and oxygen atoms in total. The van der Waals surface area contributed by atoms with Crippen LogP contribution in [0.4, 0.5) is 0 Å². The first kappa shape index (κ1) is 14.6. The number of nitrogens with zero attached hydrogens (tertiary/aromatic N) is 4. The van der Waals surface area contributed by atoms with Crippen molar-refractivity contribution in [2.24, 2.45) is 7.05 Å². The Kier molecular flexibility index (Phi) is 3.41. The molecule has 1 unspecified atom stereocenters. The fourth-order valence-corrected chi connectivity index (χ4v) is 3.29. The molecule has 1 atom stereocenters. The van der Waals surface area contributed by atoms with Crippen LogP contribution in [-0.4, -0.2) is 37.1 Å². The van der Waals surface area contributed by atoms with Gasteiger partial charge in [-0.15, -0.1) is 0 Å². The Bertz CT molecular complexity index is 974. The van der Waals surface area contributed by atoms with Gasteiger partial charge < -0.3 is 9.88 Å². The summed E-state index contributed by atoms with van der Waals surface area (Å²) in [5, 5.41) is 4.62. The molecule has 122 valence electrons. The first-order valence-corrected chi connectivity index (χ1v) is 7.93. The highest BCUT2D eigenvalue weighted by Gasteiger charge is 2.33. The van der Waals surface area contributed by atoms with Crippen LogP contribution in [0.15, 0.2) is 41.3 Å². The molecular weight excluding hydrogens is 306 g/mol. The van der Waals surface area contributed by atoms with Gasteiger partial charge in [0.15, 0.2) is 0 Å². The summed E-state index contributed by atoms with van der Waals surface area (Å²) in [6, 6.07) is 8.71. The summed E-state index contributed by atoms with van der Waals surface area (Å²) in [6.45, 7) is 0.644. The second-order valence-electron chi connectivity index (χ2n) is 5.96. The van der Waals surface area contributed by atoms with E-state index in [1.54, 1.807) is 35.0 Å². The fourth-order valence-electron chi connectivity index (χ4n) is 3.29. The Balaban J connectivity index is 1.74. The van der Waals surface area contributed by atoms with Crippen LogP contribution in [0.5, 0.6) is 0 Å². The summed E-state index contributed by atoms with van der Waals surface area (Å²) in [5.74, 6) is 0.458. The Morgan fingerprint density at radius 3 is 2.92 bits per heavy atom. The summed E-state index contributed by atoms with van der Waals surface area (Å²) in [6.07, 6.45) is 3.27. The lowest BCUT2D eigenvalue weighted by molar-refractivity contribution is 0.0718. The first-order chi connectivity index (χ1) is 11.6. The van der Waals surface area contributed by atoms with Crippen LogP contribution < -0.4 is 5.56 Å². The minimum Gasteiger partial charge on any atom is -0.327 e. The van der Waals surface area contributed by atoms with E-state index in [0.717, 1.165) is 12.8 Å². The van der Waals surface area contributed by atoms with Crippen LogP contribution in [0.1, 0.15) is 35.2 Å². The predicted octanol–water partition coefficient (Wildman–Crippen LogP) is 1.63. The van der Waals surface area contributed by atoms with Gasteiger partial charge in [0, 0.05) is 19.8 Å². The Morgan fingerprint density at radius 1 is 1.29 bits per heavy atom. The van der Waals surface area contributed by atoms with Crippen LogP contribution in [0.3, 0.4) is 0 Å². The standard InChI is InChI=1S/C17H17N5O2/c1-21-14(8-9-18-21)17(24)22-10-4-7-13(22)15-19-12-6-3-2-5-11(12)16(23)20-15/h2-3,5-6,8-9,13H,4,7,10H2,1H3,(H,19,20,23). The number of carbonyl (C=O) groups is 1. The number of amides is 1. The molecule has 0 bridgehead atoms. The van der Waals surface area contributed by atoms with Crippen molar-refractivity contribution in [2.75, 3.05) is 6.54 Å². The molecule has 3 aromatic rings. The average Bonchev–Trinajstić information content (AvgIpc) is 3.23. The van der Waals surface area contributed by atoms with E-state index < -0.39 is 0 Å². The van der Waals surface area contributed by atoms with E-state index >= 15 is 0 Å². The molecule has 3 heterocycles. The number of benzene rings is 1. The van der Waals surface area contributed by atoms with Gasteiger partial charge in [0.25, 0.3) is 11.5 Å². The van der Waals surface area contributed by atoms with Crippen molar-refractivity contribution in [3.63, 3.8) is 0 Å². The molecule has 0 spiro atoms. The molecule has 2 aromatic heterocycles. The predicted molar refractivity (Wildman–Crippen MR) is 88.6 cm³/mol. The first-order valence-electron chi connectivity index (χ1n) is 7.93. The summed E-state index contributed by atoms with van der Waals surface area (Å²) >= 11 is 0. The topological polar surface area (TPSA) is 83.9 Å². The zero-order valence-corrected chi connectivity index (χ0v) is 13.3. The zero-order chi connectivity index (χ0) is 16.7. The number of hydrogen-bond acceptors (Lipinski definition) is 4. The third-order valence-corrected chi connectivity index (χ3v) is 4.50. The lowest BCUT2D eigenvalue weighted by atomic mass is 10.1. The number of H-pyrrole nitrogens is 1. The Morgan fingerprint density at radius 2 is 2.12 bits per heavy atom.